The molecule has 16 heavy (non-hydrogen) atoms. The van der Waals surface area contributed by atoms with Gasteiger partial charge in [0.2, 0.25) is 0 Å². The molecule has 1 unspecified atom stereocenters. The molecule has 0 saturated heterocycles. The maximum atomic E-state index is 11.0. The number of hydrogen-bond donors (Lipinski definition) is 2. The lowest BCUT2D eigenvalue weighted by atomic mass is 10.00. The molecule has 0 aliphatic heterocycles. The van der Waals surface area contributed by atoms with Crippen LogP contribution >= 0.6 is 11.8 Å². The Bertz CT molecular complexity index is 326. The number of aliphatic carboxylic acids is 1. The molecule has 1 aromatic rings. The van der Waals surface area contributed by atoms with Crippen molar-refractivity contribution in [2.45, 2.75) is 24.6 Å². The monoisotopic (exact) mass is 243 g/mol. The molecular weight excluding hydrogens is 226 g/mol. The Hall–Kier alpha value is -0.940. The maximum absolute atomic E-state index is 11.0. The minimum atomic E-state index is -0.837. The molecule has 1 rings (SSSR count). The fraction of sp³-hybridized carbons (Fsp3) is 0.545. The van der Waals surface area contributed by atoms with Crippen molar-refractivity contribution in [1.82, 2.24) is 5.32 Å². The third-order valence-corrected chi connectivity index (χ3v) is 3.58. The van der Waals surface area contributed by atoms with E-state index in [0.717, 1.165) is 17.3 Å². The van der Waals surface area contributed by atoms with Crippen LogP contribution in [0.3, 0.4) is 0 Å². The molecule has 2 N–H and O–H groups in total. The van der Waals surface area contributed by atoms with Crippen molar-refractivity contribution in [3.8, 4) is 0 Å². The van der Waals surface area contributed by atoms with Crippen molar-refractivity contribution in [3.05, 3.63) is 24.2 Å². The second-order valence-electron chi connectivity index (χ2n) is 3.77. The van der Waals surface area contributed by atoms with E-state index < -0.39 is 11.5 Å². The van der Waals surface area contributed by atoms with Gasteiger partial charge in [0.25, 0.3) is 0 Å². The molecule has 0 spiro atoms. The first-order chi connectivity index (χ1) is 7.58. The van der Waals surface area contributed by atoms with Crippen LogP contribution in [0.1, 0.15) is 19.1 Å². The molecular formula is C11H17NO3S. The van der Waals surface area contributed by atoms with E-state index in [1.165, 1.54) is 0 Å². The van der Waals surface area contributed by atoms with Gasteiger partial charge in [-0.05, 0) is 38.3 Å². The highest BCUT2D eigenvalue weighted by molar-refractivity contribution is 7.98. The Balaban J connectivity index is 2.26. The summed E-state index contributed by atoms with van der Waals surface area (Å²) in [6.45, 7) is 1.70. The van der Waals surface area contributed by atoms with Gasteiger partial charge in [0, 0.05) is 0 Å². The van der Waals surface area contributed by atoms with Gasteiger partial charge in [-0.3, -0.25) is 4.79 Å². The van der Waals surface area contributed by atoms with Crippen LogP contribution in [-0.2, 0) is 10.5 Å². The largest absolute Gasteiger partial charge is 0.480 e. The van der Waals surface area contributed by atoms with Gasteiger partial charge in [-0.1, -0.05) is 0 Å². The first-order valence-corrected chi connectivity index (χ1v) is 6.26. The molecule has 0 saturated carbocycles. The van der Waals surface area contributed by atoms with Gasteiger partial charge in [-0.25, -0.2) is 0 Å². The molecule has 1 aromatic heterocycles. The van der Waals surface area contributed by atoms with Crippen molar-refractivity contribution in [2.75, 3.05) is 12.8 Å². The summed E-state index contributed by atoms with van der Waals surface area (Å²) in [5, 5.41) is 11.9. The number of nitrogens with one attached hydrogen (secondary N) is 1. The van der Waals surface area contributed by atoms with Crippen molar-refractivity contribution in [3.63, 3.8) is 0 Å². The minimum absolute atomic E-state index is 0.588. The quantitative estimate of drug-likeness (QED) is 0.717. The summed E-state index contributed by atoms with van der Waals surface area (Å²) < 4.78 is 5.19. The van der Waals surface area contributed by atoms with Gasteiger partial charge in [-0.15, -0.1) is 0 Å². The number of thioether (sulfide) groups is 1. The predicted molar refractivity (Wildman–Crippen MR) is 64.6 cm³/mol. The van der Waals surface area contributed by atoms with Crippen LogP contribution < -0.4 is 5.32 Å². The molecule has 0 bridgehead atoms. The molecule has 5 heteroatoms. The highest BCUT2D eigenvalue weighted by Gasteiger charge is 2.30. The zero-order valence-corrected chi connectivity index (χ0v) is 10.3. The lowest BCUT2D eigenvalue weighted by Gasteiger charge is -2.23. The number of carboxylic acid groups (broad SMARTS) is 1. The Morgan fingerprint density at radius 3 is 2.94 bits per heavy atom. The number of likely N-dealkylation sites (N-methyl/N-ethyl adjacent to an activating group) is 1. The zero-order chi connectivity index (χ0) is 12.0. The first-order valence-electron chi connectivity index (χ1n) is 5.11. The molecule has 4 nitrogen and oxygen atoms in total. The van der Waals surface area contributed by atoms with Gasteiger partial charge >= 0.3 is 5.97 Å². The van der Waals surface area contributed by atoms with Gasteiger partial charge in [0.15, 0.2) is 0 Å². The van der Waals surface area contributed by atoms with E-state index in [4.69, 9.17) is 9.52 Å². The molecule has 90 valence electrons. The standard InChI is InChI=1S/C11H17NO3S/c1-11(12-2,10(13)14)5-7-16-8-9-4-3-6-15-9/h3-4,6,12H,5,7-8H2,1-2H3,(H,13,14). The summed E-state index contributed by atoms with van der Waals surface area (Å²) in [4.78, 5) is 11.0. The third kappa shape index (κ3) is 3.57. The fourth-order valence-corrected chi connectivity index (χ4v) is 2.24. The van der Waals surface area contributed by atoms with E-state index >= 15 is 0 Å². The Labute approximate surface area is 99.4 Å². The van der Waals surface area contributed by atoms with Gasteiger partial charge < -0.3 is 14.8 Å². The maximum Gasteiger partial charge on any atom is 0.323 e. The molecule has 0 radical (unpaired) electrons. The summed E-state index contributed by atoms with van der Waals surface area (Å²) in [7, 11) is 1.67. The number of carbonyl (C=O) groups is 1. The van der Waals surface area contributed by atoms with E-state index in [1.54, 1.807) is 32.0 Å². The summed E-state index contributed by atoms with van der Waals surface area (Å²) >= 11 is 1.67. The van der Waals surface area contributed by atoms with Crippen molar-refractivity contribution < 1.29 is 14.3 Å². The first kappa shape index (κ1) is 13.1. The van der Waals surface area contributed by atoms with Gasteiger partial charge in [0.1, 0.15) is 11.3 Å². The number of rotatable bonds is 7. The summed E-state index contributed by atoms with van der Waals surface area (Å²) in [6.07, 6.45) is 2.23. The number of furan rings is 1. The lowest BCUT2D eigenvalue weighted by molar-refractivity contribution is -0.144. The highest BCUT2D eigenvalue weighted by Crippen LogP contribution is 2.18. The van der Waals surface area contributed by atoms with Crippen LogP contribution in [-0.4, -0.2) is 29.4 Å². The average Bonchev–Trinajstić information content (AvgIpc) is 2.76. The molecule has 0 fully saturated rings. The average molecular weight is 243 g/mol. The number of hydrogen-bond acceptors (Lipinski definition) is 4. The van der Waals surface area contributed by atoms with Crippen LogP contribution in [0.2, 0.25) is 0 Å². The smallest absolute Gasteiger partial charge is 0.323 e. The Morgan fingerprint density at radius 1 is 1.69 bits per heavy atom. The molecule has 0 aromatic carbocycles. The predicted octanol–water partition coefficient (Wildman–Crippen LogP) is 1.97. The second-order valence-corrected chi connectivity index (χ2v) is 4.87. The zero-order valence-electron chi connectivity index (χ0n) is 9.53. The summed E-state index contributed by atoms with van der Waals surface area (Å²) in [5.74, 6) is 1.68. The van der Waals surface area contributed by atoms with Crippen LogP contribution in [0.5, 0.6) is 0 Å². The van der Waals surface area contributed by atoms with Crippen LogP contribution in [0.15, 0.2) is 22.8 Å². The topological polar surface area (TPSA) is 62.5 Å². The second kappa shape index (κ2) is 5.96. The van der Waals surface area contributed by atoms with Crippen molar-refractivity contribution in [2.24, 2.45) is 0 Å². The summed E-state index contributed by atoms with van der Waals surface area (Å²) in [6, 6.07) is 3.77. The highest BCUT2D eigenvalue weighted by atomic mass is 32.2. The van der Waals surface area contributed by atoms with Crippen molar-refractivity contribution >= 4 is 17.7 Å². The van der Waals surface area contributed by atoms with Crippen LogP contribution in [0, 0.1) is 0 Å². The van der Waals surface area contributed by atoms with E-state index in [0.29, 0.717) is 6.42 Å². The van der Waals surface area contributed by atoms with Crippen LogP contribution in [0.4, 0.5) is 0 Å². The van der Waals surface area contributed by atoms with E-state index in [1.807, 2.05) is 12.1 Å². The van der Waals surface area contributed by atoms with E-state index in [-0.39, 0.29) is 0 Å². The van der Waals surface area contributed by atoms with Crippen LogP contribution in [0.25, 0.3) is 0 Å². The third-order valence-electron chi connectivity index (χ3n) is 2.59. The fourth-order valence-electron chi connectivity index (χ4n) is 1.18. The summed E-state index contributed by atoms with van der Waals surface area (Å²) in [5.41, 5.74) is -0.837. The molecule has 1 heterocycles. The van der Waals surface area contributed by atoms with Gasteiger partial charge in [0.05, 0.1) is 12.0 Å². The Morgan fingerprint density at radius 2 is 2.44 bits per heavy atom. The molecule has 0 aliphatic carbocycles. The molecule has 0 aliphatic rings. The van der Waals surface area contributed by atoms with E-state index in [2.05, 4.69) is 5.32 Å². The minimum Gasteiger partial charge on any atom is -0.480 e. The Kier molecular flexibility index (Phi) is 4.89. The normalized spacial score (nSPS) is 14.6. The van der Waals surface area contributed by atoms with Gasteiger partial charge in [-0.2, -0.15) is 11.8 Å². The SMILES string of the molecule is CNC(C)(CCSCc1ccco1)C(=O)O. The molecule has 0 amide bonds. The number of carboxylic acids is 1. The van der Waals surface area contributed by atoms with Crippen molar-refractivity contribution in [1.29, 1.82) is 0 Å². The molecule has 1 atom stereocenters. The lowest BCUT2D eigenvalue weighted by Crippen LogP contribution is -2.47. The van der Waals surface area contributed by atoms with E-state index in [9.17, 15) is 4.79 Å².